The Balaban J connectivity index is 2.93. The van der Waals surface area contributed by atoms with E-state index >= 15 is 0 Å². The molecular formula is C12H25O4PS2. The van der Waals surface area contributed by atoms with Gasteiger partial charge in [-0.1, -0.05) is 47.3 Å². The van der Waals surface area contributed by atoms with Crippen LogP contribution in [0.5, 0.6) is 0 Å². The zero-order chi connectivity index (χ0) is 14.2. The number of aliphatic hydroxyl groups is 1. The Kier molecular flexibility index (Phi) is 17.3. The number of unbranched alkanes of at least 4 members (excludes halogenated alkanes) is 6. The first-order valence-corrected chi connectivity index (χ1v) is 10.5. The van der Waals surface area contributed by atoms with Crippen LogP contribution in [0.4, 0.5) is 0 Å². The van der Waals surface area contributed by atoms with E-state index in [0.29, 0.717) is 13.2 Å². The third-order valence-electron chi connectivity index (χ3n) is 2.54. The van der Waals surface area contributed by atoms with E-state index in [4.69, 9.17) is 5.11 Å². The van der Waals surface area contributed by atoms with Crippen LogP contribution in [0.1, 0.15) is 51.4 Å². The van der Waals surface area contributed by atoms with E-state index in [1.54, 1.807) is 0 Å². The van der Waals surface area contributed by atoms with Gasteiger partial charge in [0.1, 0.15) is 6.61 Å². The van der Waals surface area contributed by atoms with Crippen LogP contribution in [0.25, 0.3) is 0 Å². The maximum Gasteiger partial charge on any atom is 0.488 e. The van der Waals surface area contributed by atoms with E-state index in [9.17, 15) is 9.46 Å². The van der Waals surface area contributed by atoms with E-state index in [1.165, 1.54) is 25.0 Å². The highest BCUT2D eigenvalue weighted by atomic mass is 33.1. The highest BCUT2D eigenvalue weighted by molar-refractivity contribution is 8.76. The zero-order valence-corrected chi connectivity index (χ0v) is 13.9. The van der Waals surface area contributed by atoms with Crippen molar-refractivity contribution in [2.24, 2.45) is 0 Å². The standard InChI is InChI=1S/C12H25O4PS2/c13-9-5-1-3-7-11-18-19-12-8-4-2-6-10-16-17(14)15/h13H,1-12H2. The summed E-state index contributed by atoms with van der Waals surface area (Å²) in [4.78, 5) is 10.1. The van der Waals surface area contributed by atoms with Crippen LogP contribution in [0, 0.1) is 0 Å². The van der Waals surface area contributed by atoms with Crippen LogP contribution in [0.2, 0.25) is 0 Å². The van der Waals surface area contributed by atoms with E-state index in [0.717, 1.165) is 37.9 Å². The smallest absolute Gasteiger partial charge is 0.488 e. The minimum Gasteiger partial charge on any atom is -0.566 e. The summed E-state index contributed by atoms with van der Waals surface area (Å²) in [6, 6.07) is 0. The fourth-order valence-corrected chi connectivity index (χ4v) is 4.07. The Labute approximate surface area is 125 Å². The molecule has 0 fully saturated rings. The maximum atomic E-state index is 10.1. The third-order valence-corrected chi connectivity index (χ3v) is 5.51. The minimum absolute atomic E-state index is 0.318. The van der Waals surface area contributed by atoms with E-state index < -0.39 is 8.25 Å². The second-order valence-electron chi connectivity index (χ2n) is 4.25. The van der Waals surface area contributed by atoms with Crippen molar-refractivity contribution in [1.29, 1.82) is 0 Å². The van der Waals surface area contributed by atoms with Gasteiger partial charge in [-0.2, -0.15) is 0 Å². The van der Waals surface area contributed by atoms with Crippen LogP contribution in [-0.4, -0.2) is 29.8 Å². The van der Waals surface area contributed by atoms with Crippen LogP contribution in [0.3, 0.4) is 0 Å². The number of rotatable bonds is 15. The van der Waals surface area contributed by atoms with Crippen LogP contribution >= 0.6 is 29.8 Å². The van der Waals surface area contributed by atoms with Gasteiger partial charge < -0.3 is 10.00 Å². The lowest BCUT2D eigenvalue weighted by Gasteiger charge is -2.01. The van der Waals surface area contributed by atoms with Crippen molar-refractivity contribution >= 4 is 29.8 Å². The van der Waals surface area contributed by atoms with Crippen molar-refractivity contribution in [3.05, 3.63) is 0 Å². The summed E-state index contributed by atoms with van der Waals surface area (Å²) in [5, 5.41) is 8.62. The third kappa shape index (κ3) is 18.7. The van der Waals surface area contributed by atoms with Gasteiger partial charge in [-0.15, -0.1) is 4.52 Å². The molecule has 7 heteroatoms. The van der Waals surface area contributed by atoms with Gasteiger partial charge in [0.2, 0.25) is 0 Å². The lowest BCUT2D eigenvalue weighted by Crippen LogP contribution is -1.94. The molecule has 0 saturated heterocycles. The molecule has 0 radical (unpaired) electrons. The molecule has 1 atom stereocenters. The first kappa shape index (κ1) is 19.7. The molecule has 4 nitrogen and oxygen atoms in total. The molecule has 0 spiro atoms. The molecule has 0 amide bonds. The molecule has 0 heterocycles. The summed E-state index contributed by atoms with van der Waals surface area (Å²) in [5.74, 6) is 2.36. The Morgan fingerprint density at radius 2 is 1.42 bits per heavy atom. The Morgan fingerprint density at radius 3 is 1.95 bits per heavy atom. The second kappa shape index (κ2) is 16.7. The summed E-state index contributed by atoms with van der Waals surface area (Å²) in [5.41, 5.74) is 0. The monoisotopic (exact) mass is 328 g/mol. The first-order chi connectivity index (χ1) is 9.27. The summed E-state index contributed by atoms with van der Waals surface area (Å²) >= 11 is 0. The topological polar surface area (TPSA) is 69.6 Å². The maximum absolute atomic E-state index is 10.1. The van der Waals surface area contributed by atoms with Gasteiger partial charge in [0.05, 0.1) is 0 Å². The Morgan fingerprint density at radius 1 is 0.895 bits per heavy atom. The first-order valence-electron chi connectivity index (χ1n) is 6.90. The lowest BCUT2D eigenvalue weighted by molar-refractivity contribution is -0.185. The van der Waals surface area contributed by atoms with Gasteiger partial charge in [0.25, 0.3) is 0 Å². The van der Waals surface area contributed by atoms with Gasteiger partial charge in [0, 0.05) is 18.1 Å². The predicted molar refractivity (Wildman–Crippen MR) is 82.5 cm³/mol. The molecule has 114 valence electrons. The van der Waals surface area contributed by atoms with E-state index in [2.05, 4.69) is 4.52 Å². The fourth-order valence-electron chi connectivity index (χ4n) is 1.50. The second-order valence-corrected chi connectivity index (χ2v) is 7.66. The average molecular weight is 328 g/mol. The van der Waals surface area contributed by atoms with E-state index in [1.807, 2.05) is 21.6 Å². The molecule has 1 N–H and O–H groups in total. The SMILES string of the molecule is O=[P+]([O-])OCCCCCCSSCCCCCCO. The summed E-state index contributed by atoms with van der Waals surface area (Å²) < 4.78 is 14.6. The molecule has 19 heavy (non-hydrogen) atoms. The molecule has 0 aliphatic rings. The van der Waals surface area contributed by atoms with Crippen molar-refractivity contribution in [2.75, 3.05) is 24.7 Å². The molecule has 0 rings (SSSR count). The lowest BCUT2D eigenvalue weighted by atomic mass is 10.2. The number of aliphatic hydroxyl groups excluding tert-OH is 1. The van der Waals surface area contributed by atoms with Crippen molar-refractivity contribution in [2.45, 2.75) is 51.4 Å². The molecule has 0 saturated carbocycles. The van der Waals surface area contributed by atoms with Gasteiger partial charge in [-0.05, 0) is 30.2 Å². The van der Waals surface area contributed by atoms with Crippen molar-refractivity contribution in [3.8, 4) is 0 Å². The molecule has 0 aliphatic heterocycles. The average Bonchev–Trinajstić information content (AvgIpc) is 2.39. The highest BCUT2D eigenvalue weighted by Crippen LogP contribution is 2.24. The molecule has 0 bridgehead atoms. The Bertz CT molecular complexity index is 208. The van der Waals surface area contributed by atoms with Gasteiger partial charge in [-0.25, -0.2) is 0 Å². The normalized spacial score (nSPS) is 11.8. The van der Waals surface area contributed by atoms with Crippen LogP contribution < -0.4 is 4.89 Å². The van der Waals surface area contributed by atoms with Crippen LogP contribution in [-0.2, 0) is 9.09 Å². The van der Waals surface area contributed by atoms with E-state index in [-0.39, 0.29) is 0 Å². The predicted octanol–water partition coefficient (Wildman–Crippen LogP) is 3.52. The van der Waals surface area contributed by atoms with Gasteiger partial charge >= 0.3 is 8.25 Å². The molecule has 0 aromatic carbocycles. The molecule has 0 aromatic rings. The van der Waals surface area contributed by atoms with Crippen LogP contribution in [0.15, 0.2) is 0 Å². The summed E-state index contributed by atoms with van der Waals surface area (Å²) in [6.45, 7) is 0.646. The zero-order valence-electron chi connectivity index (χ0n) is 11.4. The molecular weight excluding hydrogens is 303 g/mol. The molecule has 0 aromatic heterocycles. The quantitative estimate of drug-likeness (QED) is 0.282. The molecule has 1 unspecified atom stereocenters. The fraction of sp³-hybridized carbons (Fsp3) is 1.00. The number of hydrogen-bond donors (Lipinski definition) is 1. The van der Waals surface area contributed by atoms with Gasteiger partial charge in [-0.3, -0.25) is 0 Å². The summed E-state index contributed by atoms with van der Waals surface area (Å²) in [7, 11) is 1.20. The van der Waals surface area contributed by atoms with Crippen molar-refractivity contribution < 1.29 is 19.1 Å². The highest BCUT2D eigenvalue weighted by Gasteiger charge is 1.99. The van der Waals surface area contributed by atoms with Crippen molar-refractivity contribution in [1.82, 2.24) is 0 Å². The van der Waals surface area contributed by atoms with Crippen molar-refractivity contribution in [3.63, 3.8) is 0 Å². The largest absolute Gasteiger partial charge is 0.566 e. The molecule has 0 aliphatic carbocycles. The number of hydrogen-bond acceptors (Lipinski definition) is 6. The van der Waals surface area contributed by atoms with Gasteiger partial charge in [0.15, 0.2) is 0 Å². The summed E-state index contributed by atoms with van der Waals surface area (Å²) in [6.07, 6.45) is 8.72. The minimum atomic E-state index is -2.66. The Hall–Kier alpha value is 0.680.